The molecule has 1 fully saturated rings. The van der Waals surface area contributed by atoms with E-state index in [4.69, 9.17) is 21.1 Å². The zero-order chi connectivity index (χ0) is 15.2. The molecule has 0 aliphatic heterocycles. The van der Waals surface area contributed by atoms with E-state index in [0.717, 1.165) is 37.0 Å². The van der Waals surface area contributed by atoms with Gasteiger partial charge in [-0.3, -0.25) is 4.79 Å². The van der Waals surface area contributed by atoms with Gasteiger partial charge in [0.05, 0.1) is 20.1 Å². The van der Waals surface area contributed by atoms with E-state index < -0.39 is 0 Å². The van der Waals surface area contributed by atoms with Crippen molar-refractivity contribution >= 4 is 17.6 Å². The van der Waals surface area contributed by atoms with Crippen LogP contribution in [-0.4, -0.2) is 26.2 Å². The number of esters is 1. The summed E-state index contributed by atoms with van der Waals surface area (Å²) in [6.45, 7) is 0.677. The molecule has 4 nitrogen and oxygen atoms in total. The molecule has 116 valence electrons. The van der Waals surface area contributed by atoms with Crippen molar-refractivity contribution < 1.29 is 14.3 Å². The Morgan fingerprint density at radius 2 is 2.00 bits per heavy atom. The maximum absolute atomic E-state index is 11.5. The normalized spacial score (nSPS) is 21.9. The molecule has 0 bridgehead atoms. The van der Waals surface area contributed by atoms with Crippen LogP contribution in [0.15, 0.2) is 18.2 Å². The number of nitrogens with one attached hydrogen (secondary N) is 1. The first-order valence-electron chi connectivity index (χ1n) is 7.28. The van der Waals surface area contributed by atoms with Crippen molar-refractivity contribution in [3.63, 3.8) is 0 Å². The standard InChI is InChI=1S/C16H22ClNO3/c1-20-15-5-3-4-14(17)13(15)10-18-12-8-6-11(7-9-12)16(19)21-2/h3-5,11-12,18H,6-10H2,1-2H3. The maximum Gasteiger partial charge on any atom is 0.308 e. The van der Waals surface area contributed by atoms with Gasteiger partial charge in [-0.25, -0.2) is 0 Å². The molecule has 1 aromatic rings. The molecule has 2 rings (SSSR count). The summed E-state index contributed by atoms with van der Waals surface area (Å²) in [7, 11) is 3.10. The Balaban J connectivity index is 1.87. The molecule has 0 spiro atoms. The van der Waals surface area contributed by atoms with Crippen LogP contribution in [0.1, 0.15) is 31.2 Å². The molecule has 1 saturated carbocycles. The lowest BCUT2D eigenvalue weighted by atomic mass is 9.86. The van der Waals surface area contributed by atoms with Crippen LogP contribution in [0.2, 0.25) is 5.02 Å². The molecule has 0 saturated heterocycles. The largest absolute Gasteiger partial charge is 0.496 e. The summed E-state index contributed by atoms with van der Waals surface area (Å²) < 4.78 is 10.2. The molecule has 0 radical (unpaired) electrons. The number of benzene rings is 1. The molecule has 1 N–H and O–H groups in total. The highest BCUT2D eigenvalue weighted by Crippen LogP contribution is 2.28. The second-order valence-corrected chi connectivity index (χ2v) is 5.78. The molecule has 1 aliphatic carbocycles. The van der Waals surface area contributed by atoms with Crippen molar-refractivity contribution in [1.82, 2.24) is 5.32 Å². The third-order valence-corrected chi connectivity index (χ3v) is 4.48. The minimum Gasteiger partial charge on any atom is -0.496 e. The third-order valence-electron chi connectivity index (χ3n) is 4.12. The van der Waals surface area contributed by atoms with Gasteiger partial charge < -0.3 is 14.8 Å². The fourth-order valence-corrected chi connectivity index (χ4v) is 3.08. The third kappa shape index (κ3) is 4.11. The first-order chi connectivity index (χ1) is 10.2. The average Bonchev–Trinajstić information content (AvgIpc) is 2.53. The van der Waals surface area contributed by atoms with Gasteiger partial charge in [-0.1, -0.05) is 17.7 Å². The number of carbonyl (C=O) groups excluding carboxylic acids is 1. The lowest BCUT2D eigenvalue weighted by molar-refractivity contribution is -0.146. The fourth-order valence-electron chi connectivity index (χ4n) is 2.85. The number of halogens is 1. The molecular weight excluding hydrogens is 290 g/mol. The molecular formula is C16H22ClNO3. The monoisotopic (exact) mass is 311 g/mol. The number of ether oxygens (including phenoxy) is 2. The topological polar surface area (TPSA) is 47.6 Å². The van der Waals surface area contributed by atoms with Gasteiger partial charge in [-0.2, -0.15) is 0 Å². The predicted octanol–water partition coefficient (Wildman–Crippen LogP) is 3.17. The lowest BCUT2D eigenvalue weighted by Gasteiger charge is -2.28. The van der Waals surface area contributed by atoms with Crippen LogP contribution >= 0.6 is 11.6 Å². The van der Waals surface area contributed by atoms with E-state index in [-0.39, 0.29) is 11.9 Å². The highest BCUT2D eigenvalue weighted by atomic mass is 35.5. The van der Waals surface area contributed by atoms with Gasteiger partial charge >= 0.3 is 5.97 Å². The van der Waals surface area contributed by atoms with E-state index in [1.54, 1.807) is 7.11 Å². The summed E-state index contributed by atoms with van der Waals surface area (Å²) in [6, 6.07) is 6.07. The highest BCUT2D eigenvalue weighted by Gasteiger charge is 2.26. The van der Waals surface area contributed by atoms with E-state index >= 15 is 0 Å². The van der Waals surface area contributed by atoms with E-state index in [0.29, 0.717) is 17.6 Å². The van der Waals surface area contributed by atoms with Crippen LogP contribution < -0.4 is 10.1 Å². The SMILES string of the molecule is COC(=O)C1CCC(NCc2c(Cl)cccc2OC)CC1. The summed E-state index contributed by atoms with van der Waals surface area (Å²) in [5.41, 5.74) is 0.983. The first kappa shape index (κ1) is 16.1. The molecule has 1 aliphatic rings. The molecule has 0 atom stereocenters. The van der Waals surface area contributed by atoms with E-state index in [9.17, 15) is 4.79 Å². The number of carbonyl (C=O) groups is 1. The Labute approximate surface area is 130 Å². The smallest absolute Gasteiger partial charge is 0.308 e. The summed E-state index contributed by atoms with van der Waals surface area (Å²) in [4.78, 5) is 11.5. The van der Waals surface area contributed by atoms with Crippen molar-refractivity contribution in [3.05, 3.63) is 28.8 Å². The van der Waals surface area contributed by atoms with Gasteiger partial charge in [0.2, 0.25) is 0 Å². The molecule has 1 aromatic carbocycles. The van der Waals surface area contributed by atoms with Gasteiger partial charge in [-0.05, 0) is 37.8 Å². The molecule has 0 aromatic heterocycles. The quantitative estimate of drug-likeness (QED) is 0.849. The van der Waals surface area contributed by atoms with Crippen molar-refractivity contribution in [2.24, 2.45) is 5.92 Å². The predicted molar refractivity (Wildman–Crippen MR) is 82.6 cm³/mol. The van der Waals surface area contributed by atoms with Crippen LogP contribution in [0, 0.1) is 5.92 Å². The Kier molecular flexibility index (Phi) is 5.88. The van der Waals surface area contributed by atoms with Crippen molar-refractivity contribution in [3.8, 4) is 5.75 Å². The molecule has 0 heterocycles. The van der Waals surface area contributed by atoms with Crippen molar-refractivity contribution in [1.29, 1.82) is 0 Å². The summed E-state index contributed by atoms with van der Waals surface area (Å²) in [5, 5.41) is 4.23. The second kappa shape index (κ2) is 7.66. The molecule has 0 unspecified atom stereocenters. The Hall–Kier alpha value is -1.26. The zero-order valence-electron chi connectivity index (χ0n) is 12.5. The second-order valence-electron chi connectivity index (χ2n) is 5.37. The molecule has 21 heavy (non-hydrogen) atoms. The molecule has 0 amide bonds. The number of hydrogen-bond acceptors (Lipinski definition) is 4. The molecule has 5 heteroatoms. The van der Waals surface area contributed by atoms with E-state index in [2.05, 4.69) is 5.32 Å². The minimum absolute atomic E-state index is 0.0582. The lowest BCUT2D eigenvalue weighted by Crippen LogP contribution is -2.35. The van der Waals surface area contributed by atoms with Gasteiger partial charge in [-0.15, -0.1) is 0 Å². The van der Waals surface area contributed by atoms with Crippen LogP contribution in [0.5, 0.6) is 5.75 Å². The highest BCUT2D eigenvalue weighted by molar-refractivity contribution is 6.31. The van der Waals surface area contributed by atoms with E-state index in [1.165, 1.54) is 7.11 Å². The summed E-state index contributed by atoms with van der Waals surface area (Å²) in [6.07, 6.45) is 3.72. The maximum atomic E-state index is 11.5. The van der Waals surface area contributed by atoms with Crippen LogP contribution in [0.4, 0.5) is 0 Å². The number of rotatable bonds is 5. The average molecular weight is 312 g/mol. The van der Waals surface area contributed by atoms with Gasteiger partial charge in [0.1, 0.15) is 5.75 Å². The Bertz CT molecular complexity index is 484. The Morgan fingerprint density at radius 1 is 1.29 bits per heavy atom. The van der Waals surface area contributed by atoms with Crippen LogP contribution in [0.25, 0.3) is 0 Å². The van der Waals surface area contributed by atoms with Crippen LogP contribution in [0.3, 0.4) is 0 Å². The van der Waals surface area contributed by atoms with Crippen LogP contribution in [-0.2, 0) is 16.1 Å². The zero-order valence-corrected chi connectivity index (χ0v) is 13.3. The minimum atomic E-state index is -0.0822. The van der Waals surface area contributed by atoms with Gasteiger partial charge in [0, 0.05) is 23.2 Å². The Morgan fingerprint density at radius 3 is 2.62 bits per heavy atom. The van der Waals surface area contributed by atoms with Gasteiger partial charge in [0.15, 0.2) is 0 Å². The summed E-state index contributed by atoms with van der Waals surface area (Å²) in [5.74, 6) is 0.780. The van der Waals surface area contributed by atoms with Crippen molar-refractivity contribution in [2.75, 3.05) is 14.2 Å². The fraction of sp³-hybridized carbons (Fsp3) is 0.562. The number of methoxy groups -OCH3 is 2. The number of hydrogen-bond donors (Lipinski definition) is 1. The van der Waals surface area contributed by atoms with Gasteiger partial charge in [0.25, 0.3) is 0 Å². The first-order valence-corrected chi connectivity index (χ1v) is 7.66. The van der Waals surface area contributed by atoms with E-state index in [1.807, 2.05) is 18.2 Å². The van der Waals surface area contributed by atoms with Crippen molar-refractivity contribution in [2.45, 2.75) is 38.3 Å². The summed E-state index contributed by atoms with van der Waals surface area (Å²) >= 11 is 6.23.